The number of ether oxygens (including phenoxy) is 4. The summed E-state index contributed by atoms with van der Waals surface area (Å²) in [6, 6.07) is 6.92. The second kappa shape index (κ2) is 10.9. The Morgan fingerprint density at radius 2 is 1.66 bits per heavy atom. The number of methoxy groups -OCH3 is 3. The highest BCUT2D eigenvalue weighted by atomic mass is 35.5. The zero-order valence-corrected chi connectivity index (χ0v) is 21.0. The molecule has 1 aliphatic rings. The number of rotatable bonds is 8. The van der Waals surface area contributed by atoms with Crippen molar-refractivity contribution in [2.75, 3.05) is 27.9 Å². The van der Waals surface area contributed by atoms with Crippen LogP contribution in [-0.2, 0) is 19.4 Å². The third kappa shape index (κ3) is 5.63. The van der Waals surface area contributed by atoms with Gasteiger partial charge in [-0.1, -0.05) is 11.6 Å². The van der Waals surface area contributed by atoms with Gasteiger partial charge >= 0.3 is 12.0 Å². The standard InChI is InChI=1S/C23H25ClN2O8S/c1-5-34-22(27)19-16(12-35(29,30)15-8-6-14(24)7-9-15)25-23(28)26-20(19)13-10-17(31-2)21(33-4)18(11-13)32-3/h6-12,19-20H,5H2,1-4H3,(H2,25,26,28)/b16-12+/t19-,20+/m1/s1. The molecular formula is C23H25ClN2O8S. The van der Waals surface area contributed by atoms with Crippen molar-refractivity contribution < 1.29 is 37.0 Å². The molecule has 2 N–H and O–H groups in total. The van der Waals surface area contributed by atoms with Crippen molar-refractivity contribution in [3.63, 3.8) is 0 Å². The SMILES string of the molecule is CCOC(=O)[C@@H]1/C(=C\S(=O)(=O)c2ccc(Cl)cc2)NC(=O)N[C@H]1c1cc(OC)c(OC)c(OC)c1. The predicted octanol–water partition coefficient (Wildman–Crippen LogP) is 3.21. The average molecular weight is 525 g/mol. The van der Waals surface area contributed by atoms with E-state index < -0.39 is 33.8 Å². The molecule has 0 spiro atoms. The van der Waals surface area contributed by atoms with Crippen LogP contribution < -0.4 is 24.8 Å². The van der Waals surface area contributed by atoms with Crippen molar-refractivity contribution >= 4 is 33.4 Å². The van der Waals surface area contributed by atoms with Gasteiger partial charge in [-0.15, -0.1) is 0 Å². The van der Waals surface area contributed by atoms with Gasteiger partial charge in [0.2, 0.25) is 15.6 Å². The molecule has 1 heterocycles. The highest BCUT2D eigenvalue weighted by molar-refractivity contribution is 7.94. The maximum absolute atomic E-state index is 13.1. The topological polar surface area (TPSA) is 129 Å². The summed E-state index contributed by atoms with van der Waals surface area (Å²) in [6.07, 6.45) is 0. The van der Waals surface area contributed by atoms with E-state index >= 15 is 0 Å². The molecule has 2 aromatic rings. The van der Waals surface area contributed by atoms with Gasteiger partial charge < -0.3 is 29.6 Å². The van der Waals surface area contributed by atoms with Crippen molar-refractivity contribution in [2.45, 2.75) is 17.9 Å². The van der Waals surface area contributed by atoms with Gasteiger partial charge in [0, 0.05) is 10.7 Å². The largest absolute Gasteiger partial charge is 0.493 e. The zero-order valence-electron chi connectivity index (χ0n) is 19.5. The molecule has 1 aliphatic heterocycles. The number of benzene rings is 2. The van der Waals surface area contributed by atoms with Crippen molar-refractivity contribution in [3.05, 3.63) is 58.1 Å². The molecule has 0 saturated carbocycles. The van der Waals surface area contributed by atoms with Gasteiger partial charge in [0.15, 0.2) is 11.5 Å². The Hall–Kier alpha value is -3.44. The lowest BCUT2D eigenvalue weighted by atomic mass is 9.88. The van der Waals surface area contributed by atoms with E-state index in [0.29, 0.717) is 16.3 Å². The third-order valence-electron chi connectivity index (χ3n) is 5.22. The van der Waals surface area contributed by atoms with E-state index in [1.807, 2.05) is 0 Å². The summed E-state index contributed by atoms with van der Waals surface area (Å²) in [7, 11) is 0.228. The third-order valence-corrected chi connectivity index (χ3v) is 6.97. The number of amides is 2. The van der Waals surface area contributed by atoms with Crippen molar-refractivity contribution in [2.24, 2.45) is 5.92 Å². The van der Waals surface area contributed by atoms with Gasteiger partial charge in [-0.05, 0) is 48.9 Å². The van der Waals surface area contributed by atoms with Crippen molar-refractivity contribution in [1.82, 2.24) is 10.6 Å². The minimum Gasteiger partial charge on any atom is -0.493 e. The molecule has 3 rings (SSSR count). The Balaban J connectivity index is 2.17. The minimum atomic E-state index is -4.06. The van der Waals surface area contributed by atoms with Crippen LogP contribution in [0.5, 0.6) is 17.2 Å². The summed E-state index contributed by atoms with van der Waals surface area (Å²) in [5.74, 6) is -1.07. The number of hydrogen-bond donors (Lipinski definition) is 2. The average Bonchev–Trinajstić information content (AvgIpc) is 2.82. The maximum Gasteiger partial charge on any atom is 0.319 e. The van der Waals surface area contributed by atoms with Crippen molar-refractivity contribution in [3.8, 4) is 17.2 Å². The van der Waals surface area contributed by atoms with Crippen LogP contribution in [0, 0.1) is 5.92 Å². The second-order valence-electron chi connectivity index (χ2n) is 7.34. The molecule has 2 amide bonds. The molecule has 0 unspecified atom stereocenters. The quantitative estimate of drug-likeness (QED) is 0.504. The highest BCUT2D eigenvalue weighted by Gasteiger charge is 2.41. The van der Waals surface area contributed by atoms with Crippen LogP contribution >= 0.6 is 11.6 Å². The minimum absolute atomic E-state index is 0.0441. The maximum atomic E-state index is 13.1. The second-order valence-corrected chi connectivity index (χ2v) is 9.57. The van der Waals surface area contributed by atoms with Crippen LogP contribution in [-0.4, -0.2) is 48.4 Å². The van der Waals surface area contributed by atoms with Crippen LogP contribution in [0.1, 0.15) is 18.5 Å². The number of urea groups is 1. The Bertz CT molecular complexity index is 1220. The first-order valence-corrected chi connectivity index (χ1v) is 12.3. The fourth-order valence-corrected chi connectivity index (χ4v) is 4.98. The molecule has 35 heavy (non-hydrogen) atoms. The number of esters is 1. The molecule has 12 heteroatoms. The lowest BCUT2D eigenvalue weighted by Crippen LogP contribution is -2.51. The van der Waals surface area contributed by atoms with Gasteiger partial charge in [-0.25, -0.2) is 13.2 Å². The summed E-state index contributed by atoms with van der Waals surface area (Å²) in [5, 5.41) is 6.32. The van der Waals surface area contributed by atoms with Gasteiger partial charge in [-0.3, -0.25) is 4.79 Å². The molecule has 2 atom stereocenters. The van der Waals surface area contributed by atoms with Crippen LogP contribution in [0.2, 0.25) is 5.02 Å². The zero-order chi connectivity index (χ0) is 25.8. The summed E-state index contributed by atoms with van der Waals surface area (Å²) >= 11 is 5.86. The molecule has 1 saturated heterocycles. The number of nitrogens with one attached hydrogen (secondary N) is 2. The monoisotopic (exact) mass is 524 g/mol. The molecular weight excluding hydrogens is 500 g/mol. The first-order valence-electron chi connectivity index (χ1n) is 10.4. The first kappa shape index (κ1) is 26.2. The van der Waals surface area contributed by atoms with Gasteiger partial charge in [0.25, 0.3) is 0 Å². The number of sulfone groups is 1. The number of halogens is 1. The number of carbonyl (C=O) groups is 2. The van der Waals surface area contributed by atoms with E-state index in [-0.39, 0.29) is 28.7 Å². The van der Waals surface area contributed by atoms with E-state index in [1.54, 1.807) is 19.1 Å². The lowest BCUT2D eigenvalue weighted by molar-refractivity contribution is -0.147. The molecule has 1 fully saturated rings. The van der Waals surface area contributed by atoms with Crippen LogP contribution in [0.15, 0.2) is 52.4 Å². The van der Waals surface area contributed by atoms with Gasteiger partial charge in [0.05, 0.1) is 44.3 Å². The molecule has 10 nitrogen and oxygen atoms in total. The van der Waals surface area contributed by atoms with Crippen molar-refractivity contribution in [1.29, 1.82) is 0 Å². The summed E-state index contributed by atoms with van der Waals surface area (Å²) in [6.45, 7) is 1.66. The van der Waals surface area contributed by atoms with E-state index in [4.69, 9.17) is 30.5 Å². The first-order chi connectivity index (χ1) is 16.6. The number of carbonyl (C=O) groups excluding carboxylic acids is 2. The predicted molar refractivity (Wildman–Crippen MR) is 127 cm³/mol. The Morgan fingerprint density at radius 3 is 2.17 bits per heavy atom. The normalized spacial score (nSPS) is 18.9. The molecule has 188 valence electrons. The lowest BCUT2D eigenvalue weighted by Gasteiger charge is -2.34. The fraction of sp³-hybridized carbons (Fsp3) is 0.304. The molecule has 0 aromatic heterocycles. The molecule has 0 aliphatic carbocycles. The van der Waals surface area contributed by atoms with Crippen LogP contribution in [0.4, 0.5) is 4.79 Å². The molecule has 0 bridgehead atoms. The Labute approximate surface area is 208 Å². The van der Waals surface area contributed by atoms with Crippen LogP contribution in [0.3, 0.4) is 0 Å². The van der Waals surface area contributed by atoms with E-state index in [2.05, 4.69) is 10.6 Å². The van der Waals surface area contributed by atoms with E-state index in [9.17, 15) is 18.0 Å². The fourth-order valence-electron chi connectivity index (χ4n) is 3.66. The summed E-state index contributed by atoms with van der Waals surface area (Å²) in [4.78, 5) is 25.6. The highest BCUT2D eigenvalue weighted by Crippen LogP contribution is 2.42. The number of hydrogen-bond acceptors (Lipinski definition) is 8. The van der Waals surface area contributed by atoms with E-state index in [0.717, 1.165) is 5.41 Å². The van der Waals surface area contributed by atoms with Gasteiger partial charge in [-0.2, -0.15) is 0 Å². The summed E-state index contributed by atoms with van der Waals surface area (Å²) in [5.41, 5.74) is 0.253. The summed E-state index contributed by atoms with van der Waals surface area (Å²) < 4.78 is 47.5. The van der Waals surface area contributed by atoms with E-state index in [1.165, 1.54) is 45.6 Å². The molecule has 2 aromatic carbocycles. The Kier molecular flexibility index (Phi) is 8.13. The van der Waals surface area contributed by atoms with Gasteiger partial charge in [0.1, 0.15) is 5.92 Å². The smallest absolute Gasteiger partial charge is 0.319 e. The molecule has 0 radical (unpaired) electrons. The Morgan fingerprint density at radius 1 is 1.06 bits per heavy atom. The van der Waals surface area contributed by atoms with Crippen LogP contribution in [0.25, 0.3) is 0 Å².